The van der Waals surface area contributed by atoms with Gasteiger partial charge in [-0.3, -0.25) is 0 Å². The maximum absolute atomic E-state index is 2.51. The molecule has 0 atom stereocenters. The fourth-order valence-corrected chi connectivity index (χ4v) is 8.86. The van der Waals surface area contributed by atoms with Crippen LogP contribution in [-0.2, 0) is 25.9 Å². The molecule has 0 aliphatic heterocycles. The number of aromatic nitrogens is 2. The fraction of sp³-hybridized carbons (Fsp3) is 0.0870. The Bertz CT molecular complexity index is 2670. The van der Waals surface area contributed by atoms with E-state index in [1.54, 1.807) is 0 Å². The minimum Gasteiger partial charge on any atom is -0.344 e. The second-order valence-corrected chi connectivity index (χ2v) is 13.5. The predicted octanol–water partition coefficient (Wildman–Crippen LogP) is 10.9. The maximum atomic E-state index is 2.51. The van der Waals surface area contributed by atoms with E-state index in [1.807, 2.05) is 0 Å². The van der Waals surface area contributed by atoms with Gasteiger partial charge in [-0.05, 0) is 93.4 Å². The molecule has 0 saturated heterocycles. The molecule has 0 saturated carbocycles. The van der Waals surface area contributed by atoms with Crippen molar-refractivity contribution in [2.45, 2.75) is 11.8 Å². The summed E-state index contributed by atoms with van der Waals surface area (Å²) < 4.78 is 4.68. The number of hydrogen-bond acceptors (Lipinski definition) is 0. The van der Waals surface area contributed by atoms with E-state index < -0.39 is 5.41 Å². The van der Waals surface area contributed by atoms with Crippen LogP contribution in [0.25, 0.3) is 54.7 Å². The largest absolute Gasteiger partial charge is 0.344 e. The zero-order chi connectivity index (χ0) is 32.0. The molecule has 0 fully saturated rings. The lowest BCUT2D eigenvalue weighted by Gasteiger charge is -2.33. The standard InChI is InChI=1S/C46H34N2/c1-47-42-20-12-10-18-35(42)37-26-30(21-23-43(37)47)25-31-22-24-44-38(27-31)39-28-41-36(29-45(39)48(44)2)34-17-9-11-19-40(34)46(41,32-13-5-3-6-14-32)33-15-7-4-8-16-33/h3-24,26-29H,25H2,1-2H3. The first-order chi connectivity index (χ1) is 23.6. The molecule has 48 heavy (non-hydrogen) atoms. The molecule has 0 N–H and O–H groups in total. The van der Waals surface area contributed by atoms with Crippen LogP contribution >= 0.6 is 0 Å². The smallest absolute Gasteiger partial charge is 0.0713 e. The molecule has 1 aliphatic carbocycles. The van der Waals surface area contributed by atoms with Crippen molar-refractivity contribution in [2.24, 2.45) is 14.1 Å². The summed E-state index contributed by atoms with van der Waals surface area (Å²) in [5.74, 6) is 0. The molecule has 2 aromatic heterocycles. The maximum Gasteiger partial charge on any atom is 0.0713 e. The molecular formula is C46H34N2. The van der Waals surface area contributed by atoms with Gasteiger partial charge in [0.15, 0.2) is 0 Å². The van der Waals surface area contributed by atoms with Gasteiger partial charge in [-0.2, -0.15) is 0 Å². The summed E-state index contributed by atoms with van der Waals surface area (Å²) in [5.41, 5.74) is 15.3. The van der Waals surface area contributed by atoms with E-state index in [4.69, 9.17) is 0 Å². The molecule has 0 radical (unpaired) electrons. The normalized spacial score (nSPS) is 13.5. The highest BCUT2D eigenvalue weighted by molar-refractivity contribution is 6.11. The Labute approximate surface area is 280 Å². The van der Waals surface area contributed by atoms with Crippen molar-refractivity contribution >= 4 is 43.6 Å². The number of nitrogens with zero attached hydrogens (tertiary/aromatic N) is 2. The number of para-hydroxylation sites is 1. The minimum atomic E-state index is -0.406. The fourth-order valence-electron chi connectivity index (χ4n) is 8.86. The van der Waals surface area contributed by atoms with E-state index in [0.29, 0.717) is 0 Å². The highest BCUT2D eigenvalue weighted by Crippen LogP contribution is 2.57. The molecule has 0 unspecified atom stereocenters. The monoisotopic (exact) mass is 614 g/mol. The lowest BCUT2D eigenvalue weighted by atomic mass is 9.67. The van der Waals surface area contributed by atoms with E-state index in [2.05, 4.69) is 181 Å². The molecule has 0 spiro atoms. The van der Waals surface area contributed by atoms with Crippen LogP contribution in [0.1, 0.15) is 33.4 Å². The average Bonchev–Trinajstić information content (AvgIpc) is 3.71. The van der Waals surface area contributed by atoms with Crippen molar-refractivity contribution in [3.05, 3.63) is 191 Å². The van der Waals surface area contributed by atoms with Crippen molar-refractivity contribution in [1.82, 2.24) is 9.13 Å². The van der Waals surface area contributed by atoms with Gasteiger partial charge in [0.2, 0.25) is 0 Å². The van der Waals surface area contributed by atoms with Crippen LogP contribution in [0.5, 0.6) is 0 Å². The van der Waals surface area contributed by atoms with Gasteiger partial charge in [-0.1, -0.05) is 115 Å². The number of fused-ring (bicyclic) bond motifs is 9. The summed E-state index contributed by atoms with van der Waals surface area (Å²) in [7, 11) is 4.38. The first-order valence-corrected chi connectivity index (χ1v) is 16.9. The zero-order valence-electron chi connectivity index (χ0n) is 27.1. The third kappa shape index (κ3) is 3.63. The first-order valence-electron chi connectivity index (χ1n) is 16.9. The van der Waals surface area contributed by atoms with Crippen LogP contribution in [0.4, 0.5) is 0 Å². The molecule has 2 heteroatoms. The highest BCUT2D eigenvalue weighted by Gasteiger charge is 2.46. The van der Waals surface area contributed by atoms with Crippen LogP contribution < -0.4 is 0 Å². The Kier molecular flexibility index (Phi) is 5.72. The Morgan fingerprint density at radius 2 is 0.917 bits per heavy atom. The molecule has 7 aromatic carbocycles. The third-order valence-corrected chi connectivity index (χ3v) is 11.0. The van der Waals surface area contributed by atoms with Crippen LogP contribution in [0.2, 0.25) is 0 Å². The van der Waals surface area contributed by atoms with Crippen LogP contribution in [0.15, 0.2) is 158 Å². The SMILES string of the molecule is Cn1c2ccccc2c2cc(Cc3ccc4c(c3)c3cc5c(cc3n4C)-c3ccccc3C5(c3ccccc3)c3ccccc3)ccc21. The van der Waals surface area contributed by atoms with Crippen LogP contribution in [0.3, 0.4) is 0 Å². The average molecular weight is 615 g/mol. The van der Waals surface area contributed by atoms with E-state index in [-0.39, 0.29) is 0 Å². The molecule has 2 heterocycles. The number of rotatable bonds is 4. The Morgan fingerprint density at radius 3 is 1.60 bits per heavy atom. The number of hydrogen-bond donors (Lipinski definition) is 0. The van der Waals surface area contributed by atoms with Crippen LogP contribution in [0, 0.1) is 0 Å². The minimum absolute atomic E-state index is 0.406. The second-order valence-electron chi connectivity index (χ2n) is 13.5. The summed E-state index contributed by atoms with van der Waals surface area (Å²) in [6, 6.07) is 58.9. The first kappa shape index (κ1) is 27.3. The lowest BCUT2D eigenvalue weighted by molar-refractivity contribution is 0.769. The van der Waals surface area contributed by atoms with Crippen LogP contribution in [-0.4, -0.2) is 9.13 Å². The molecule has 2 nitrogen and oxygen atoms in total. The Morgan fingerprint density at radius 1 is 0.396 bits per heavy atom. The van der Waals surface area contributed by atoms with E-state index in [9.17, 15) is 0 Å². The van der Waals surface area contributed by atoms with E-state index in [1.165, 1.54) is 88.1 Å². The summed E-state index contributed by atoms with van der Waals surface area (Å²) >= 11 is 0. The van der Waals surface area contributed by atoms with E-state index in [0.717, 1.165) is 6.42 Å². The lowest BCUT2D eigenvalue weighted by Crippen LogP contribution is -2.28. The Hall–Kier alpha value is -5.86. The second kappa shape index (κ2) is 10.1. The summed E-state index contributed by atoms with van der Waals surface area (Å²) in [5, 5.41) is 5.26. The number of benzene rings is 7. The molecular weight excluding hydrogens is 581 g/mol. The highest BCUT2D eigenvalue weighted by atomic mass is 14.9. The molecule has 228 valence electrons. The van der Waals surface area contributed by atoms with Crippen molar-refractivity contribution in [3.8, 4) is 11.1 Å². The van der Waals surface area contributed by atoms with Gasteiger partial charge in [0, 0.05) is 57.7 Å². The van der Waals surface area contributed by atoms with Gasteiger partial charge in [0.25, 0.3) is 0 Å². The van der Waals surface area contributed by atoms with Gasteiger partial charge in [0.05, 0.1) is 5.41 Å². The molecule has 9 aromatic rings. The summed E-state index contributed by atoms with van der Waals surface area (Å²) in [6.45, 7) is 0. The van der Waals surface area contributed by atoms with Crippen molar-refractivity contribution < 1.29 is 0 Å². The Balaban J connectivity index is 1.19. The van der Waals surface area contributed by atoms with Gasteiger partial charge in [0.1, 0.15) is 0 Å². The van der Waals surface area contributed by atoms with Crippen molar-refractivity contribution in [2.75, 3.05) is 0 Å². The third-order valence-electron chi connectivity index (χ3n) is 11.0. The van der Waals surface area contributed by atoms with Crippen molar-refractivity contribution in [3.63, 3.8) is 0 Å². The summed E-state index contributed by atoms with van der Waals surface area (Å²) in [4.78, 5) is 0. The molecule has 0 bridgehead atoms. The van der Waals surface area contributed by atoms with Gasteiger partial charge in [-0.25, -0.2) is 0 Å². The van der Waals surface area contributed by atoms with Crippen molar-refractivity contribution in [1.29, 1.82) is 0 Å². The van der Waals surface area contributed by atoms with Gasteiger partial charge < -0.3 is 9.13 Å². The van der Waals surface area contributed by atoms with Gasteiger partial charge in [-0.15, -0.1) is 0 Å². The summed E-state index contributed by atoms with van der Waals surface area (Å²) in [6.07, 6.45) is 0.889. The number of aryl methyl sites for hydroxylation is 2. The predicted molar refractivity (Wildman–Crippen MR) is 201 cm³/mol. The zero-order valence-corrected chi connectivity index (χ0v) is 27.1. The van der Waals surface area contributed by atoms with E-state index >= 15 is 0 Å². The molecule has 0 amide bonds. The topological polar surface area (TPSA) is 9.86 Å². The molecule has 1 aliphatic rings. The molecule has 10 rings (SSSR count). The van der Waals surface area contributed by atoms with Gasteiger partial charge >= 0.3 is 0 Å². The quantitative estimate of drug-likeness (QED) is 0.187.